The second kappa shape index (κ2) is 12.3. The number of aliphatic hydroxyl groups excluding tert-OH is 1. The molecular formula is C35H41FN6O2. The molecule has 2 aliphatic heterocycles. The number of piperidine rings is 1. The fraction of sp³-hybridized carbons (Fsp3) is 0.457. The Bertz CT molecular complexity index is 1690. The predicted octanol–water partition coefficient (Wildman–Crippen LogP) is 5.06. The molecule has 4 aromatic rings. The zero-order valence-electron chi connectivity index (χ0n) is 25.4. The lowest BCUT2D eigenvalue weighted by atomic mass is 10.0. The van der Waals surface area contributed by atoms with Gasteiger partial charge in [-0.3, -0.25) is 19.7 Å². The Morgan fingerprint density at radius 1 is 1.02 bits per heavy atom. The third kappa shape index (κ3) is 5.95. The molecule has 0 radical (unpaired) electrons. The summed E-state index contributed by atoms with van der Waals surface area (Å²) in [6, 6.07) is 12.2. The van der Waals surface area contributed by atoms with E-state index in [2.05, 4.69) is 48.7 Å². The first-order valence-electron chi connectivity index (χ1n) is 16.0. The summed E-state index contributed by atoms with van der Waals surface area (Å²) in [5.74, 6) is -0.210. The van der Waals surface area contributed by atoms with E-state index >= 15 is 4.39 Å². The van der Waals surface area contributed by atoms with Crippen molar-refractivity contribution < 1.29 is 9.50 Å². The Balaban J connectivity index is 1.25. The van der Waals surface area contributed by atoms with E-state index < -0.39 is 0 Å². The van der Waals surface area contributed by atoms with E-state index in [0.717, 1.165) is 62.1 Å². The van der Waals surface area contributed by atoms with E-state index in [-0.39, 0.29) is 29.8 Å². The number of hydrogen-bond acceptors (Lipinski definition) is 7. The Morgan fingerprint density at radius 2 is 1.91 bits per heavy atom. The SMILES string of the molecule is Cc1cc(CN(Cc2cn(C3CC3)c3cc(N4CCC(CO)C4)c(F)cc3c2=O)C2CCCN(c3cccnc3)C2)ccn1. The van der Waals surface area contributed by atoms with Crippen LogP contribution in [0.1, 0.15) is 55.0 Å². The minimum atomic E-state index is -0.365. The summed E-state index contributed by atoms with van der Waals surface area (Å²) in [6.45, 7) is 6.47. The van der Waals surface area contributed by atoms with Crippen molar-refractivity contribution in [3.8, 4) is 0 Å². The summed E-state index contributed by atoms with van der Waals surface area (Å²) in [5, 5.41) is 10.1. The largest absolute Gasteiger partial charge is 0.396 e. The molecule has 3 aromatic heterocycles. The fourth-order valence-electron chi connectivity index (χ4n) is 7.12. The van der Waals surface area contributed by atoms with E-state index in [9.17, 15) is 9.90 Å². The van der Waals surface area contributed by atoms with E-state index in [1.807, 2.05) is 36.4 Å². The van der Waals surface area contributed by atoms with Crippen LogP contribution < -0.4 is 15.2 Å². The van der Waals surface area contributed by atoms with Crippen molar-refractivity contribution in [2.24, 2.45) is 5.92 Å². The lowest BCUT2D eigenvalue weighted by Crippen LogP contribution is -2.48. The highest BCUT2D eigenvalue weighted by molar-refractivity contribution is 5.84. The molecule has 5 heterocycles. The molecular weight excluding hydrogens is 555 g/mol. The first kappa shape index (κ1) is 28.9. The van der Waals surface area contributed by atoms with E-state index in [4.69, 9.17) is 0 Å². The van der Waals surface area contributed by atoms with Gasteiger partial charge in [0.1, 0.15) is 5.82 Å². The first-order valence-corrected chi connectivity index (χ1v) is 16.0. The molecule has 2 atom stereocenters. The smallest absolute Gasteiger partial charge is 0.193 e. The van der Waals surface area contributed by atoms with Gasteiger partial charge in [0.25, 0.3) is 0 Å². The maximum Gasteiger partial charge on any atom is 0.193 e. The number of aryl methyl sites for hydroxylation is 1. The van der Waals surface area contributed by atoms with Crippen LogP contribution in [0.3, 0.4) is 0 Å². The van der Waals surface area contributed by atoms with Crippen LogP contribution in [0, 0.1) is 18.7 Å². The standard InChI is InChI=1S/C35H41FN6O2/c1-24-14-25(8-11-38-24)18-41(30-5-3-12-39(22-30)29-4-2-10-37-17-29)20-27-21-42(28-6-7-28)33-16-34(32(36)15-31(33)35(27)44)40-13-9-26(19-40)23-43/h2,4,8,10-11,14-17,21,26,28,30,43H,3,5-7,9,12-13,18-20,22-23H2,1H3. The van der Waals surface area contributed by atoms with Gasteiger partial charge in [0.05, 0.1) is 23.1 Å². The van der Waals surface area contributed by atoms with Gasteiger partial charge < -0.3 is 19.5 Å². The average Bonchev–Trinajstić information content (AvgIpc) is 3.78. The molecule has 0 amide bonds. The molecule has 1 aliphatic carbocycles. The molecule has 0 spiro atoms. The maximum atomic E-state index is 15.7. The van der Waals surface area contributed by atoms with Crippen molar-refractivity contribution in [3.63, 3.8) is 0 Å². The van der Waals surface area contributed by atoms with Crippen LogP contribution in [0.2, 0.25) is 0 Å². The number of hydrogen-bond donors (Lipinski definition) is 1. The predicted molar refractivity (Wildman–Crippen MR) is 172 cm³/mol. The first-order chi connectivity index (χ1) is 21.5. The number of fused-ring (bicyclic) bond motifs is 1. The Labute approximate surface area is 257 Å². The Kier molecular flexibility index (Phi) is 8.08. The molecule has 1 aromatic carbocycles. The quantitative estimate of drug-likeness (QED) is 0.289. The van der Waals surface area contributed by atoms with Crippen LogP contribution >= 0.6 is 0 Å². The highest BCUT2D eigenvalue weighted by Crippen LogP contribution is 2.39. The molecule has 9 heteroatoms. The normalized spacial score (nSPS) is 20.6. The van der Waals surface area contributed by atoms with Gasteiger partial charge >= 0.3 is 0 Å². The van der Waals surface area contributed by atoms with Crippen LogP contribution in [-0.4, -0.2) is 63.4 Å². The number of anilines is 2. The van der Waals surface area contributed by atoms with Gasteiger partial charge in [0.15, 0.2) is 5.43 Å². The lowest BCUT2D eigenvalue weighted by Gasteiger charge is -2.40. The van der Waals surface area contributed by atoms with Crippen molar-refractivity contribution in [1.29, 1.82) is 0 Å². The van der Waals surface area contributed by atoms with Crippen LogP contribution in [0.4, 0.5) is 15.8 Å². The molecule has 2 saturated heterocycles. The van der Waals surface area contributed by atoms with Gasteiger partial charge in [-0.15, -0.1) is 0 Å². The minimum Gasteiger partial charge on any atom is -0.396 e. The van der Waals surface area contributed by atoms with Crippen molar-refractivity contribution in [3.05, 3.63) is 94.0 Å². The van der Waals surface area contributed by atoms with Gasteiger partial charge in [0.2, 0.25) is 0 Å². The monoisotopic (exact) mass is 596 g/mol. The number of benzene rings is 1. The van der Waals surface area contributed by atoms with Gasteiger partial charge in [-0.25, -0.2) is 4.39 Å². The number of pyridine rings is 3. The van der Waals surface area contributed by atoms with E-state index in [0.29, 0.717) is 48.9 Å². The van der Waals surface area contributed by atoms with Crippen molar-refractivity contribution in [2.75, 3.05) is 42.6 Å². The average molecular weight is 597 g/mol. The minimum absolute atomic E-state index is 0.0900. The maximum absolute atomic E-state index is 15.7. The molecule has 0 bridgehead atoms. The molecule has 1 saturated carbocycles. The zero-order valence-corrected chi connectivity index (χ0v) is 25.4. The van der Waals surface area contributed by atoms with Crippen molar-refractivity contribution in [2.45, 2.75) is 64.2 Å². The second-order valence-corrected chi connectivity index (χ2v) is 12.9. The number of aliphatic hydroxyl groups is 1. The van der Waals surface area contributed by atoms with Gasteiger partial charge in [0, 0.05) is 99.1 Å². The van der Waals surface area contributed by atoms with Crippen molar-refractivity contribution >= 4 is 22.3 Å². The van der Waals surface area contributed by atoms with Gasteiger partial charge in [-0.2, -0.15) is 0 Å². The van der Waals surface area contributed by atoms with E-state index in [1.165, 1.54) is 11.6 Å². The Hall–Kier alpha value is -3.82. The molecule has 3 aliphatic rings. The third-order valence-electron chi connectivity index (χ3n) is 9.64. The number of aromatic nitrogens is 3. The summed E-state index contributed by atoms with van der Waals surface area (Å²) in [4.78, 5) is 29.7. The van der Waals surface area contributed by atoms with E-state index in [1.54, 1.807) is 6.20 Å². The lowest BCUT2D eigenvalue weighted by molar-refractivity contribution is 0.158. The van der Waals surface area contributed by atoms with Gasteiger partial charge in [-0.1, -0.05) is 0 Å². The summed E-state index contributed by atoms with van der Waals surface area (Å²) >= 11 is 0. The topological polar surface area (TPSA) is 77.7 Å². The molecule has 1 N–H and O–H groups in total. The van der Waals surface area contributed by atoms with Crippen molar-refractivity contribution in [1.82, 2.24) is 19.4 Å². The molecule has 7 rings (SSSR count). The third-order valence-corrected chi connectivity index (χ3v) is 9.64. The summed E-state index contributed by atoms with van der Waals surface area (Å²) in [5.41, 5.74) is 5.22. The molecule has 3 fully saturated rings. The number of rotatable bonds is 9. The molecule has 2 unspecified atom stereocenters. The Morgan fingerprint density at radius 3 is 2.66 bits per heavy atom. The highest BCUT2D eigenvalue weighted by atomic mass is 19.1. The summed E-state index contributed by atoms with van der Waals surface area (Å²) in [7, 11) is 0. The van der Waals surface area contributed by atoms with Crippen LogP contribution in [0.15, 0.2) is 66.0 Å². The molecule has 44 heavy (non-hydrogen) atoms. The second-order valence-electron chi connectivity index (χ2n) is 12.9. The summed E-state index contributed by atoms with van der Waals surface area (Å²) < 4.78 is 17.9. The molecule has 8 nitrogen and oxygen atoms in total. The highest BCUT2D eigenvalue weighted by Gasteiger charge is 2.31. The number of nitrogens with zero attached hydrogens (tertiary/aromatic N) is 6. The van der Waals surface area contributed by atoms with Crippen LogP contribution in [0.25, 0.3) is 10.9 Å². The van der Waals surface area contributed by atoms with Gasteiger partial charge in [-0.05, 0) is 81.0 Å². The summed E-state index contributed by atoms with van der Waals surface area (Å²) in [6.07, 6.45) is 12.7. The fourth-order valence-corrected chi connectivity index (χ4v) is 7.12. The molecule has 230 valence electrons. The van der Waals surface area contributed by atoms with Crippen LogP contribution in [0.5, 0.6) is 0 Å². The number of halogens is 1. The zero-order chi connectivity index (χ0) is 30.2. The van der Waals surface area contributed by atoms with Crippen LogP contribution in [-0.2, 0) is 13.1 Å².